The lowest BCUT2D eigenvalue weighted by atomic mass is 10.0. The number of nitrogens with two attached hydrogens (primary N) is 1. The minimum atomic E-state index is 0.539. The van der Waals surface area contributed by atoms with Crippen molar-refractivity contribution in [2.24, 2.45) is 5.73 Å². The molecule has 0 radical (unpaired) electrons. The van der Waals surface area contributed by atoms with Gasteiger partial charge in [-0.25, -0.2) is 0 Å². The molecule has 1 aromatic carbocycles. The highest BCUT2D eigenvalue weighted by Crippen LogP contribution is 2.07. The zero-order valence-electron chi connectivity index (χ0n) is 8.01. The molecule has 1 aromatic rings. The van der Waals surface area contributed by atoms with Crippen LogP contribution in [-0.4, -0.2) is 6.54 Å². The minimum Gasteiger partial charge on any atom is -0.326 e. The van der Waals surface area contributed by atoms with E-state index >= 15 is 0 Å². The van der Waals surface area contributed by atoms with Gasteiger partial charge in [0, 0.05) is 13.0 Å². The van der Waals surface area contributed by atoms with Gasteiger partial charge in [0.25, 0.3) is 0 Å². The van der Waals surface area contributed by atoms with E-state index in [0.717, 1.165) is 12.0 Å². The zero-order valence-corrected chi connectivity index (χ0v) is 8.01. The Hall–Kier alpha value is -1.30. The molecule has 0 heterocycles. The van der Waals surface area contributed by atoms with Crippen molar-refractivity contribution in [1.82, 2.24) is 0 Å². The van der Waals surface area contributed by atoms with Crippen molar-refractivity contribution in [3.05, 3.63) is 53.3 Å². The van der Waals surface area contributed by atoms with Crippen molar-refractivity contribution >= 4 is 0 Å². The summed E-state index contributed by atoms with van der Waals surface area (Å²) in [6, 6.07) is 8.43. The van der Waals surface area contributed by atoms with Gasteiger partial charge in [-0.15, -0.1) is 5.73 Å². The van der Waals surface area contributed by atoms with Crippen LogP contribution in [0.3, 0.4) is 0 Å². The molecular formula is C12H15N. The number of rotatable bonds is 3. The number of benzene rings is 1. The molecule has 0 saturated heterocycles. The molecule has 0 fully saturated rings. The van der Waals surface area contributed by atoms with E-state index in [1.165, 1.54) is 11.1 Å². The second-order valence-electron chi connectivity index (χ2n) is 3.15. The van der Waals surface area contributed by atoms with E-state index in [1.54, 1.807) is 0 Å². The summed E-state index contributed by atoms with van der Waals surface area (Å²) in [5, 5.41) is 0. The van der Waals surface area contributed by atoms with Crippen molar-refractivity contribution in [1.29, 1.82) is 0 Å². The largest absolute Gasteiger partial charge is 0.326 e. The summed E-state index contributed by atoms with van der Waals surface area (Å²) >= 11 is 0. The van der Waals surface area contributed by atoms with Crippen LogP contribution < -0.4 is 5.73 Å². The van der Waals surface area contributed by atoms with E-state index in [4.69, 9.17) is 5.73 Å². The summed E-state index contributed by atoms with van der Waals surface area (Å²) in [7, 11) is 0. The second-order valence-corrected chi connectivity index (χ2v) is 3.15. The average Bonchev–Trinajstić information content (AvgIpc) is 2.17. The third-order valence-electron chi connectivity index (χ3n) is 2.03. The first kappa shape index (κ1) is 9.79. The molecule has 1 heteroatoms. The van der Waals surface area contributed by atoms with Gasteiger partial charge in [-0.05, 0) is 18.1 Å². The molecule has 0 atom stereocenters. The standard InChI is InChI=1S/C12H15N/c1-3-11(9-13)8-12-6-4-10(2)5-7-12/h4-7H,1,8-9,13H2,2H3. The van der Waals surface area contributed by atoms with E-state index < -0.39 is 0 Å². The molecule has 1 nitrogen and oxygen atoms in total. The second kappa shape index (κ2) is 4.66. The van der Waals surface area contributed by atoms with E-state index in [2.05, 4.69) is 43.5 Å². The minimum absolute atomic E-state index is 0.539. The first-order valence-electron chi connectivity index (χ1n) is 4.39. The molecule has 0 aliphatic heterocycles. The van der Waals surface area contributed by atoms with Crippen LogP contribution in [0.2, 0.25) is 0 Å². The monoisotopic (exact) mass is 173 g/mol. The van der Waals surface area contributed by atoms with Gasteiger partial charge >= 0.3 is 0 Å². The number of hydrogen-bond acceptors (Lipinski definition) is 1. The van der Waals surface area contributed by atoms with Crippen molar-refractivity contribution in [2.45, 2.75) is 13.3 Å². The van der Waals surface area contributed by atoms with Crippen LogP contribution in [0.1, 0.15) is 11.1 Å². The first-order valence-corrected chi connectivity index (χ1v) is 4.39. The van der Waals surface area contributed by atoms with E-state index in [0.29, 0.717) is 6.54 Å². The predicted octanol–water partition coefficient (Wildman–Crippen LogP) is 2.21. The molecule has 68 valence electrons. The summed E-state index contributed by atoms with van der Waals surface area (Å²) in [4.78, 5) is 0. The fraction of sp³-hybridized carbons (Fsp3) is 0.250. The summed E-state index contributed by atoms with van der Waals surface area (Å²) in [5.41, 5.74) is 12.0. The molecular weight excluding hydrogens is 158 g/mol. The van der Waals surface area contributed by atoms with Crippen LogP contribution in [0.25, 0.3) is 0 Å². The Balaban J connectivity index is 2.75. The molecule has 0 aliphatic carbocycles. The van der Waals surface area contributed by atoms with Gasteiger partial charge in [0.2, 0.25) is 0 Å². The molecule has 0 bridgehead atoms. The molecule has 0 unspecified atom stereocenters. The Bertz CT molecular complexity index is 315. The lowest BCUT2D eigenvalue weighted by Crippen LogP contribution is -2.04. The molecule has 0 spiro atoms. The zero-order chi connectivity index (χ0) is 9.68. The van der Waals surface area contributed by atoms with Gasteiger partial charge in [0.1, 0.15) is 0 Å². The third kappa shape index (κ3) is 2.90. The van der Waals surface area contributed by atoms with Crippen LogP contribution in [-0.2, 0) is 6.42 Å². The molecule has 13 heavy (non-hydrogen) atoms. The van der Waals surface area contributed by atoms with Crippen LogP contribution in [0, 0.1) is 6.92 Å². The lowest BCUT2D eigenvalue weighted by molar-refractivity contribution is 1.04. The summed E-state index contributed by atoms with van der Waals surface area (Å²) in [6.45, 7) is 6.22. The van der Waals surface area contributed by atoms with Crippen molar-refractivity contribution in [3.63, 3.8) is 0 Å². The normalized spacial score (nSPS) is 9.38. The Kier molecular flexibility index (Phi) is 3.51. The Morgan fingerprint density at radius 2 is 2.00 bits per heavy atom. The SMILES string of the molecule is C=C=C(CN)Cc1ccc(C)cc1. The molecule has 2 N–H and O–H groups in total. The number of hydrogen-bond donors (Lipinski definition) is 1. The van der Waals surface area contributed by atoms with Gasteiger partial charge in [0.05, 0.1) is 0 Å². The van der Waals surface area contributed by atoms with Gasteiger partial charge < -0.3 is 5.73 Å². The van der Waals surface area contributed by atoms with Gasteiger partial charge in [-0.1, -0.05) is 36.4 Å². The summed E-state index contributed by atoms with van der Waals surface area (Å²) in [6.07, 6.45) is 0.861. The molecule has 0 amide bonds. The third-order valence-corrected chi connectivity index (χ3v) is 2.03. The first-order chi connectivity index (χ1) is 6.26. The Morgan fingerprint density at radius 3 is 2.46 bits per heavy atom. The molecule has 0 aromatic heterocycles. The highest BCUT2D eigenvalue weighted by atomic mass is 14.5. The highest BCUT2D eigenvalue weighted by Gasteiger charge is 1.95. The quantitative estimate of drug-likeness (QED) is 0.697. The van der Waals surface area contributed by atoms with E-state index in [9.17, 15) is 0 Å². The summed E-state index contributed by atoms with van der Waals surface area (Å²) in [5.74, 6) is 0. The molecule has 0 aliphatic rings. The van der Waals surface area contributed by atoms with Crippen LogP contribution in [0.5, 0.6) is 0 Å². The van der Waals surface area contributed by atoms with Crippen LogP contribution in [0.15, 0.2) is 42.1 Å². The maximum Gasteiger partial charge on any atom is 0.0216 e. The fourth-order valence-corrected chi connectivity index (χ4v) is 1.16. The molecule has 1 rings (SSSR count). The Morgan fingerprint density at radius 1 is 1.38 bits per heavy atom. The average molecular weight is 173 g/mol. The summed E-state index contributed by atoms with van der Waals surface area (Å²) < 4.78 is 0. The maximum absolute atomic E-state index is 5.52. The van der Waals surface area contributed by atoms with Gasteiger partial charge in [-0.3, -0.25) is 0 Å². The maximum atomic E-state index is 5.52. The van der Waals surface area contributed by atoms with E-state index in [1.807, 2.05) is 0 Å². The smallest absolute Gasteiger partial charge is 0.0216 e. The van der Waals surface area contributed by atoms with E-state index in [-0.39, 0.29) is 0 Å². The van der Waals surface area contributed by atoms with Gasteiger partial charge in [-0.2, -0.15) is 0 Å². The fourth-order valence-electron chi connectivity index (χ4n) is 1.16. The van der Waals surface area contributed by atoms with Crippen LogP contribution >= 0.6 is 0 Å². The van der Waals surface area contributed by atoms with Crippen molar-refractivity contribution < 1.29 is 0 Å². The van der Waals surface area contributed by atoms with Crippen molar-refractivity contribution in [3.8, 4) is 0 Å². The topological polar surface area (TPSA) is 26.0 Å². The van der Waals surface area contributed by atoms with Crippen LogP contribution in [0.4, 0.5) is 0 Å². The van der Waals surface area contributed by atoms with Gasteiger partial charge in [0.15, 0.2) is 0 Å². The number of aryl methyl sites for hydroxylation is 1. The lowest BCUT2D eigenvalue weighted by Gasteiger charge is -2.02. The molecule has 0 saturated carbocycles. The predicted molar refractivity (Wildman–Crippen MR) is 56.6 cm³/mol. The highest BCUT2D eigenvalue weighted by molar-refractivity contribution is 5.25. The Labute approximate surface area is 79.6 Å². The van der Waals surface area contributed by atoms with Crippen molar-refractivity contribution in [2.75, 3.05) is 6.54 Å².